The number of nitrogens with two attached hydrogens (primary N) is 1. The Kier molecular flexibility index (Phi) is 5.57. The van der Waals surface area contributed by atoms with E-state index in [4.69, 9.17) is 15.1 Å². The molecule has 0 aromatic carbocycles. The van der Waals surface area contributed by atoms with E-state index < -0.39 is 10.2 Å². The first-order valence-corrected chi connectivity index (χ1v) is 5.16. The highest BCUT2D eigenvalue weighted by molar-refractivity contribution is 7.86. The molecule has 13 heavy (non-hydrogen) atoms. The summed E-state index contributed by atoms with van der Waals surface area (Å²) in [6.07, 6.45) is 0.125. The van der Waals surface area contributed by atoms with Crippen LogP contribution in [0.1, 0.15) is 6.42 Å². The second kappa shape index (κ2) is 5.88. The Labute approximate surface area is 78.1 Å². The lowest BCUT2D eigenvalue weighted by Crippen LogP contribution is -2.39. The van der Waals surface area contributed by atoms with Crippen LogP contribution in [-0.2, 0) is 14.9 Å². The molecule has 7 heteroatoms. The molecule has 0 unspecified atom stereocenters. The molecule has 0 atom stereocenters. The van der Waals surface area contributed by atoms with Crippen molar-refractivity contribution in [2.75, 3.05) is 26.8 Å². The van der Waals surface area contributed by atoms with Gasteiger partial charge in [-0.25, -0.2) is 5.14 Å². The molecule has 0 aromatic heterocycles. The van der Waals surface area contributed by atoms with Crippen molar-refractivity contribution in [3.05, 3.63) is 0 Å². The molecule has 6 nitrogen and oxygen atoms in total. The number of nitrogens with zero attached hydrogens (tertiary/aromatic N) is 2. The van der Waals surface area contributed by atoms with Gasteiger partial charge in [-0.05, 0) is 0 Å². The van der Waals surface area contributed by atoms with Gasteiger partial charge in [-0.2, -0.15) is 18.0 Å². The van der Waals surface area contributed by atoms with E-state index in [9.17, 15) is 8.42 Å². The van der Waals surface area contributed by atoms with Crippen LogP contribution in [0.25, 0.3) is 0 Å². The van der Waals surface area contributed by atoms with Crippen molar-refractivity contribution in [2.45, 2.75) is 6.42 Å². The lowest BCUT2D eigenvalue weighted by atomic mass is 10.4. The quantitative estimate of drug-likeness (QED) is 0.607. The van der Waals surface area contributed by atoms with Crippen LogP contribution in [0.2, 0.25) is 0 Å². The van der Waals surface area contributed by atoms with Gasteiger partial charge in [0.2, 0.25) is 0 Å². The van der Waals surface area contributed by atoms with Crippen molar-refractivity contribution in [2.24, 2.45) is 5.14 Å². The van der Waals surface area contributed by atoms with Gasteiger partial charge in [0.25, 0.3) is 10.2 Å². The van der Waals surface area contributed by atoms with Crippen molar-refractivity contribution >= 4 is 10.2 Å². The fourth-order valence-electron chi connectivity index (χ4n) is 0.734. The molecule has 0 fully saturated rings. The minimum atomic E-state index is -3.71. The highest BCUT2D eigenvalue weighted by Gasteiger charge is 2.15. The largest absolute Gasteiger partial charge is 0.383 e. The van der Waals surface area contributed by atoms with Gasteiger partial charge in [-0.15, -0.1) is 0 Å². The Morgan fingerprint density at radius 3 is 2.54 bits per heavy atom. The zero-order valence-electron chi connectivity index (χ0n) is 7.43. The fraction of sp³-hybridized carbons (Fsp3) is 0.833. The van der Waals surface area contributed by atoms with E-state index in [2.05, 4.69) is 0 Å². The molecule has 0 saturated heterocycles. The molecule has 0 spiro atoms. The number of nitriles is 1. The average Bonchev–Trinajstić information content (AvgIpc) is 2.02. The molecule has 0 radical (unpaired) electrons. The monoisotopic (exact) mass is 207 g/mol. The molecule has 0 aliphatic rings. The molecule has 0 heterocycles. The minimum absolute atomic E-state index is 0.110. The van der Waals surface area contributed by atoms with Crippen LogP contribution in [0.15, 0.2) is 0 Å². The van der Waals surface area contributed by atoms with Gasteiger partial charge >= 0.3 is 0 Å². The summed E-state index contributed by atoms with van der Waals surface area (Å²) in [4.78, 5) is 0. The van der Waals surface area contributed by atoms with Crippen molar-refractivity contribution in [3.8, 4) is 6.07 Å². The molecule has 0 bridgehead atoms. The lowest BCUT2D eigenvalue weighted by molar-refractivity contribution is 0.179. The molecular weight excluding hydrogens is 194 g/mol. The normalized spacial score (nSPS) is 11.5. The number of hydrogen-bond acceptors (Lipinski definition) is 4. The standard InChI is InChI=1S/C6H13N3O3S/c1-12-6-5-9(4-2-3-7)13(8,10)11/h2,4-6H2,1H3,(H2,8,10,11). The van der Waals surface area contributed by atoms with Gasteiger partial charge in [0.1, 0.15) is 0 Å². The van der Waals surface area contributed by atoms with Crippen LogP contribution in [0.5, 0.6) is 0 Å². The van der Waals surface area contributed by atoms with Gasteiger partial charge in [0.15, 0.2) is 0 Å². The summed E-state index contributed by atoms with van der Waals surface area (Å²) in [6, 6.07) is 1.84. The van der Waals surface area contributed by atoms with Crippen LogP contribution in [0.4, 0.5) is 0 Å². The van der Waals surface area contributed by atoms with Gasteiger partial charge < -0.3 is 4.74 Å². The van der Waals surface area contributed by atoms with Crippen molar-refractivity contribution in [3.63, 3.8) is 0 Å². The minimum Gasteiger partial charge on any atom is -0.383 e. The van der Waals surface area contributed by atoms with Gasteiger partial charge in [-0.3, -0.25) is 0 Å². The molecule has 0 aliphatic carbocycles. The van der Waals surface area contributed by atoms with Crippen LogP contribution >= 0.6 is 0 Å². The van der Waals surface area contributed by atoms with Gasteiger partial charge in [-0.1, -0.05) is 0 Å². The smallest absolute Gasteiger partial charge is 0.277 e. The predicted octanol–water partition coefficient (Wildman–Crippen LogP) is -0.948. The zero-order valence-corrected chi connectivity index (χ0v) is 8.25. The Hall–Kier alpha value is -0.680. The summed E-state index contributed by atoms with van der Waals surface area (Å²) in [5.41, 5.74) is 0. The number of ether oxygens (including phenoxy) is 1. The summed E-state index contributed by atoms with van der Waals surface area (Å²) in [7, 11) is -2.24. The van der Waals surface area contributed by atoms with Crippen molar-refractivity contribution in [1.29, 1.82) is 5.26 Å². The molecule has 0 rings (SSSR count). The van der Waals surface area contributed by atoms with E-state index in [0.717, 1.165) is 4.31 Å². The van der Waals surface area contributed by atoms with Gasteiger partial charge in [0, 0.05) is 26.6 Å². The predicted molar refractivity (Wildman–Crippen MR) is 46.8 cm³/mol. The van der Waals surface area contributed by atoms with Crippen LogP contribution < -0.4 is 5.14 Å². The summed E-state index contributed by atoms with van der Waals surface area (Å²) in [5, 5.41) is 13.2. The maximum absolute atomic E-state index is 10.9. The third kappa shape index (κ3) is 5.54. The second-order valence-corrected chi connectivity index (χ2v) is 3.89. The summed E-state index contributed by atoms with van der Waals surface area (Å²) in [6.45, 7) is 0.553. The van der Waals surface area contributed by atoms with E-state index in [1.54, 1.807) is 0 Å². The Morgan fingerprint density at radius 2 is 2.15 bits per heavy atom. The Morgan fingerprint density at radius 1 is 1.54 bits per heavy atom. The van der Waals surface area contributed by atoms with E-state index >= 15 is 0 Å². The molecule has 0 saturated carbocycles. The third-order valence-corrected chi connectivity index (χ3v) is 2.46. The van der Waals surface area contributed by atoms with Crippen LogP contribution in [0, 0.1) is 11.3 Å². The Balaban J connectivity index is 4.14. The molecule has 76 valence electrons. The van der Waals surface area contributed by atoms with Crippen LogP contribution in [0.3, 0.4) is 0 Å². The topological polar surface area (TPSA) is 96.4 Å². The highest BCUT2D eigenvalue weighted by atomic mass is 32.2. The number of hydrogen-bond donors (Lipinski definition) is 1. The summed E-state index contributed by atoms with van der Waals surface area (Å²) in [5.74, 6) is 0. The van der Waals surface area contributed by atoms with Gasteiger partial charge in [0.05, 0.1) is 12.7 Å². The average molecular weight is 207 g/mol. The first kappa shape index (κ1) is 12.3. The van der Waals surface area contributed by atoms with E-state index in [0.29, 0.717) is 0 Å². The van der Waals surface area contributed by atoms with E-state index in [-0.39, 0.29) is 26.1 Å². The second-order valence-electron chi connectivity index (χ2n) is 2.34. The Bertz CT molecular complexity index is 269. The summed E-state index contributed by atoms with van der Waals surface area (Å²) < 4.78 is 27.5. The van der Waals surface area contributed by atoms with E-state index in [1.165, 1.54) is 7.11 Å². The fourth-order valence-corrected chi connectivity index (χ4v) is 1.41. The zero-order chi connectivity index (χ0) is 10.3. The maximum atomic E-state index is 10.9. The molecular formula is C6H13N3O3S. The van der Waals surface area contributed by atoms with Crippen LogP contribution in [-0.4, -0.2) is 39.5 Å². The van der Waals surface area contributed by atoms with Crippen molar-refractivity contribution in [1.82, 2.24) is 4.31 Å². The molecule has 0 amide bonds. The molecule has 0 aliphatic heterocycles. The SMILES string of the molecule is COCCN(CCC#N)S(N)(=O)=O. The van der Waals surface area contributed by atoms with Crippen molar-refractivity contribution < 1.29 is 13.2 Å². The lowest BCUT2D eigenvalue weighted by Gasteiger charge is -2.16. The van der Waals surface area contributed by atoms with E-state index in [1.807, 2.05) is 6.07 Å². The number of methoxy groups -OCH3 is 1. The number of rotatable bonds is 6. The first-order valence-electron chi connectivity index (χ1n) is 3.66. The third-order valence-electron chi connectivity index (χ3n) is 1.38. The first-order chi connectivity index (χ1) is 6.02. The summed E-state index contributed by atoms with van der Waals surface area (Å²) >= 11 is 0. The maximum Gasteiger partial charge on any atom is 0.277 e. The molecule has 0 aromatic rings. The highest BCUT2D eigenvalue weighted by Crippen LogP contribution is 1.95. The molecule has 2 N–H and O–H groups in total.